The Bertz CT molecular complexity index is 621. The van der Waals surface area contributed by atoms with E-state index in [4.69, 9.17) is 9.15 Å². The number of furan rings is 1. The van der Waals surface area contributed by atoms with Gasteiger partial charge in [0.15, 0.2) is 11.4 Å². The van der Waals surface area contributed by atoms with Crippen LogP contribution in [0.3, 0.4) is 0 Å². The summed E-state index contributed by atoms with van der Waals surface area (Å²) in [4.78, 5) is 0. The first-order valence-corrected chi connectivity index (χ1v) is 6.74. The lowest BCUT2D eigenvalue weighted by molar-refractivity contribution is 0.0323. The SMILES string of the molecule is OC(c1cc2cccc(F)c2o1)C1CC2CCC1O2. The molecule has 4 atom stereocenters. The summed E-state index contributed by atoms with van der Waals surface area (Å²) in [6.07, 6.45) is 2.65. The molecule has 0 saturated carbocycles. The molecule has 2 fully saturated rings. The maximum atomic E-state index is 13.6. The highest BCUT2D eigenvalue weighted by Gasteiger charge is 2.45. The van der Waals surface area contributed by atoms with Gasteiger partial charge in [-0.25, -0.2) is 4.39 Å². The lowest BCUT2D eigenvalue weighted by Gasteiger charge is -2.22. The highest BCUT2D eigenvalue weighted by molar-refractivity contribution is 5.78. The minimum absolute atomic E-state index is 0.0716. The van der Waals surface area contributed by atoms with Crippen molar-refractivity contribution in [1.29, 1.82) is 0 Å². The summed E-state index contributed by atoms with van der Waals surface area (Å²) in [6, 6.07) is 6.52. The minimum Gasteiger partial charge on any atom is -0.455 e. The fourth-order valence-corrected chi connectivity index (χ4v) is 3.41. The summed E-state index contributed by atoms with van der Waals surface area (Å²) in [5.41, 5.74) is 0.223. The van der Waals surface area contributed by atoms with E-state index in [2.05, 4.69) is 0 Å². The summed E-state index contributed by atoms with van der Waals surface area (Å²) in [7, 11) is 0. The molecule has 1 N–H and O–H groups in total. The van der Waals surface area contributed by atoms with Gasteiger partial charge in [0, 0.05) is 11.3 Å². The van der Waals surface area contributed by atoms with Crippen LogP contribution < -0.4 is 0 Å². The van der Waals surface area contributed by atoms with Crippen LogP contribution in [0.15, 0.2) is 28.7 Å². The van der Waals surface area contributed by atoms with Crippen molar-refractivity contribution in [3.05, 3.63) is 35.8 Å². The molecule has 4 unspecified atom stereocenters. The third-order valence-corrected chi connectivity index (χ3v) is 4.37. The Morgan fingerprint density at radius 2 is 2.21 bits per heavy atom. The molecule has 2 bridgehead atoms. The van der Waals surface area contributed by atoms with Crippen LogP contribution in [-0.2, 0) is 4.74 Å². The number of aliphatic hydroxyl groups is 1. The van der Waals surface area contributed by atoms with Gasteiger partial charge in [-0.15, -0.1) is 0 Å². The largest absolute Gasteiger partial charge is 0.455 e. The predicted molar refractivity (Wildman–Crippen MR) is 67.1 cm³/mol. The van der Waals surface area contributed by atoms with E-state index in [0.29, 0.717) is 11.1 Å². The second-order valence-corrected chi connectivity index (χ2v) is 5.53. The Morgan fingerprint density at radius 3 is 2.89 bits per heavy atom. The van der Waals surface area contributed by atoms with Crippen molar-refractivity contribution in [1.82, 2.24) is 0 Å². The molecule has 2 saturated heterocycles. The molecule has 3 heterocycles. The number of aliphatic hydroxyl groups excluding tert-OH is 1. The Hall–Kier alpha value is -1.39. The lowest BCUT2D eigenvalue weighted by Crippen LogP contribution is -2.23. The Morgan fingerprint density at radius 1 is 1.32 bits per heavy atom. The van der Waals surface area contributed by atoms with Crippen LogP contribution in [0, 0.1) is 11.7 Å². The Kier molecular flexibility index (Phi) is 2.44. The Balaban J connectivity index is 1.68. The number of rotatable bonds is 2. The molecule has 0 spiro atoms. The number of ether oxygens (including phenoxy) is 1. The molecule has 100 valence electrons. The van der Waals surface area contributed by atoms with Gasteiger partial charge in [-0.05, 0) is 31.4 Å². The first-order chi connectivity index (χ1) is 9.22. The summed E-state index contributed by atoms with van der Waals surface area (Å²) < 4.78 is 24.8. The third-order valence-electron chi connectivity index (χ3n) is 4.37. The zero-order valence-corrected chi connectivity index (χ0v) is 10.4. The van der Waals surface area contributed by atoms with Crippen molar-refractivity contribution in [2.24, 2.45) is 5.92 Å². The number of halogens is 1. The average Bonchev–Trinajstić information content (AvgIpc) is 3.12. The quantitative estimate of drug-likeness (QED) is 0.904. The van der Waals surface area contributed by atoms with E-state index < -0.39 is 6.10 Å². The monoisotopic (exact) mass is 262 g/mol. The molecule has 1 aromatic carbocycles. The molecule has 2 aliphatic heterocycles. The third kappa shape index (κ3) is 1.70. The van der Waals surface area contributed by atoms with Crippen molar-refractivity contribution in [2.75, 3.05) is 0 Å². The van der Waals surface area contributed by atoms with E-state index in [1.165, 1.54) is 6.07 Å². The van der Waals surface area contributed by atoms with E-state index in [1.807, 2.05) is 0 Å². The highest BCUT2D eigenvalue weighted by Crippen LogP contribution is 2.45. The molecule has 0 radical (unpaired) electrons. The van der Waals surface area contributed by atoms with E-state index in [-0.39, 0.29) is 29.5 Å². The molecule has 1 aromatic heterocycles. The standard InChI is InChI=1S/C15H15FO3/c16-11-3-1-2-8-6-13(19-15(8)11)14(17)10-7-9-4-5-12(10)18-9/h1-3,6,9-10,12,14,17H,4-5,7H2. The van der Waals surface area contributed by atoms with E-state index in [9.17, 15) is 9.50 Å². The van der Waals surface area contributed by atoms with Crippen LogP contribution in [0.1, 0.15) is 31.1 Å². The zero-order valence-electron chi connectivity index (χ0n) is 10.4. The molecule has 0 aliphatic carbocycles. The van der Waals surface area contributed by atoms with Crippen LogP contribution in [0.25, 0.3) is 11.0 Å². The second kappa shape index (κ2) is 4.05. The van der Waals surface area contributed by atoms with Crippen molar-refractivity contribution < 1.29 is 18.7 Å². The molecule has 2 aromatic rings. The topological polar surface area (TPSA) is 42.6 Å². The van der Waals surface area contributed by atoms with Gasteiger partial charge >= 0.3 is 0 Å². The normalized spacial score (nSPS) is 31.2. The maximum Gasteiger partial charge on any atom is 0.170 e. The van der Waals surface area contributed by atoms with Crippen LogP contribution in [-0.4, -0.2) is 17.3 Å². The van der Waals surface area contributed by atoms with E-state index in [1.54, 1.807) is 18.2 Å². The number of benzene rings is 1. The first kappa shape index (κ1) is 11.4. The summed E-state index contributed by atoms with van der Waals surface area (Å²) in [6.45, 7) is 0. The number of hydrogen-bond acceptors (Lipinski definition) is 3. The molecular weight excluding hydrogens is 247 g/mol. The van der Waals surface area contributed by atoms with Crippen LogP contribution >= 0.6 is 0 Å². The summed E-state index contributed by atoms with van der Waals surface area (Å²) in [5, 5.41) is 11.1. The lowest BCUT2D eigenvalue weighted by atomic mass is 9.84. The molecule has 0 amide bonds. The van der Waals surface area contributed by atoms with E-state index >= 15 is 0 Å². The predicted octanol–water partition coefficient (Wildman–Crippen LogP) is 3.17. The molecule has 4 heteroatoms. The van der Waals surface area contributed by atoms with Crippen LogP contribution in [0.5, 0.6) is 0 Å². The van der Waals surface area contributed by atoms with Gasteiger partial charge < -0.3 is 14.3 Å². The highest BCUT2D eigenvalue weighted by atomic mass is 19.1. The van der Waals surface area contributed by atoms with Gasteiger partial charge in [0.2, 0.25) is 0 Å². The Labute approximate surface area is 110 Å². The van der Waals surface area contributed by atoms with Crippen molar-refractivity contribution in [3.63, 3.8) is 0 Å². The van der Waals surface area contributed by atoms with Gasteiger partial charge in [0.05, 0.1) is 12.2 Å². The molecule has 19 heavy (non-hydrogen) atoms. The van der Waals surface area contributed by atoms with Gasteiger partial charge in [-0.3, -0.25) is 0 Å². The van der Waals surface area contributed by atoms with Gasteiger partial charge in [0.25, 0.3) is 0 Å². The second-order valence-electron chi connectivity index (χ2n) is 5.53. The number of hydrogen-bond donors (Lipinski definition) is 1. The smallest absolute Gasteiger partial charge is 0.170 e. The molecule has 2 aliphatic rings. The molecular formula is C15H15FO3. The van der Waals surface area contributed by atoms with E-state index in [0.717, 1.165) is 19.3 Å². The zero-order chi connectivity index (χ0) is 13.0. The van der Waals surface area contributed by atoms with Crippen molar-refractivity contribution in [3.8, 4) is 0 Å². The maximum absolute atomic E-state index is 13.6. The summed E-state index contributed by atoms with van der Waals surface area (Å²) >= 11 is 0. The van der Waals surface area contributed by atoms with Crippen molar-refractivity contribution >= 4 is 11.0 Å². The fourth-order valence-electron chi connectivity index (χ4n) is 3.41. The fraction of sp³-hybridized carbons (Fsp3) is 0.467. The summed E-state index contributed by atoms with van der Waals surface area (Å²) in [5.74, 6) is 0.128. The number of fused-ring (bicyclic) bond motifs is 3. The van der Waals surface area contributed by atoms with Gasteiger partial charge in [0.1, 0.15) is 11.9 Å². The van der Waals surface area contributed by atoms with Gasteiger partial charge in [-0.2, -0.15) is 0 Å². The molecule has 3 nitrogen and oxygen atoms in total. The van der Waals surface area contributed by atoms with Gasteiger partial charge in [-0.1, -0.05) is 12.1 Å². The molecule has 4 rings (SSSR count). The van der Waals surface area contributed by atoms with Crippen molar-refractivity contribution in [2.45, 2.75) is 37.6 Å². The van der Waals surface area contributed by atoms with Crippen LogP contribution in [0.4, 0.5) is 4.39 Å². The first-order valence-electron chi connectivity index (χ1n) is 6.74. The number of para-hydroxylation sites is 1. The van der Waals surface area contributed by atoms with Crippen LogP contribution in [0.2, 0.25) is 0 Å². The minimum atomic E-state index is -0.706. The average molecular weight is 262 g/mol.